The van der Waals surface area contributed by atoms with Crippen LogP contribution in [0.25, 0.3) is 0 Å². The molecule has 0 spiro atoms. The summed E-state index contributed by atoms with van der Waals surface area (Å²) in [6.45, 7) is 0. The van der Waals surface area contributed by atoms with E-state index in [9.17, 15) is 4.79 Å². The number of carbonyl (C=O) groups excluding carboxylic acids is 1. The van der Waals surface area contributed by atoms with Crippen molar-refractivity contribution in [1.29, 1.82) is 0 Å². The molecule has 1 unspecified atom stereocenters. The number of primary amides is 1. The summed E-state index contributed by atoms with van der Waals surface area (Å²) in [5, 5.41) is -0.252. The van der Waals surface area contributed by atoms with E-state index < -0.39 is 0 Å². The van der Waals surface area contributed by atoms with Gasteiger partial charge in [-0.3, -0.25) is 4.79 Å². The number of fused-ring (bicyclic) bond motifs is 1. The number of amides is 1. The van der Waals surface area contributed by atoms with Crippen molar-refractivity contribution in [3.8, 4) is 0 Å². The lowest BCUT2D eigenvalue weighted by Crippen LogP contribution is -2.37. The van der Waals surface area contributed by atoms with E-state index in [4.69, 9.17) is 5.73 Å². The highest BCUT2D eigenvalue weighted by molar-refractivity contribution is 8.01. The van der Waals surface area contributed by atoms with Crippen molar-refractivity contribution < 1.29 is 4.79 Å². The Bertz CT molecular complexity index is 353. The van der Waals surface area contributed by atoms with Gasteiger partial charge in [0.1, 0.15) is 0 Å². The maximum Gasteiger partial charge on any atom is 0.251 e. The fourth-order valence-corrected chi connectivity index (χ4v) is 2.54. The second-order valence-electron chi connectivity index (χ2n) is 2.95. The van der Waals surface area contributed by atoms with Gasteiger partial charge < -0.3 is 10.6 Å². The molecule has 1 aromatic carbocycles. The fourth-order valence-electron chi connectivity index (χ4n) is 1.42. The minimum absolute atomic E-state index is 0.252. The van der Waals surface area contributed by atoms with E-state index in [-0.39, 0.29) is 11.3 Å². The first kappa shape index (κ1) is 8.44. The molecule has 4 heteroatoms. The van der Waals surface area contributed by atoms with Crippen molar-refractivity contribution in [1.82, 2.24) is 0 Å². The second-order valence-corrected chi connectivity index (χ2v) is 4.07. The van der Waals surface area contributed by atoms with E-state index in [2.05, 4.69) is 0 Å². The molecule has 0 aliphatic carbocycles. The lowest BCUT2D eigenvalue weighted by Gasteiger charge is -2.17. The molecule has 0 saturated heterocycles. The van der Waals surface area contributed by atoms with Crippen molar-refractivity contribution in [2.75, 3.05) is 11.9 Å². The molecule has 0 aromatic heterocycles. The zero-order chi connectivity index (χ0) is 9.42. The van der Waals surface area contributed by atoms with Crippen molar-refractivity contribution in [3.63, 3.8) is 0 Å². The van der Waals surface area contributed by atoms with Gasteiger partial charge in [0.25, 0.3) is 5.91 Å². The van der Waals surface area contributed by atoms with Crippen LogP contribution in [-0.2, 0) is 4.79 Å². The molecule has 1 heterocycles. The molecule has 1 aliphatic heterocycles. The summed E-state index contributed by atoms with van der Waals surface area (Å²) in [6.07, 6.45) is 0. The lowest BCUT2D eigenvalue weighted by atomic mass is 10.3. The van der Waals surface area contributed by atoms with Gasteiger partial charge in [-0.2, -0.15) is 0 Å². The summed E-state index contributed by atoms with van der Waals surface area (Å²) in [4.78, 5) is 14.1. The van der Waals surface area contributed by atoms with Crippen molar-refractivity contribution in [3.05, 3.63) is 24.3 Å². The number of nitrogens with two attached hydrogens (primary N) is 1. The van der Waals surface area contributed by atoms with Gasteiger partial charge in [0, 0.05) is 11.9 Å². The first-order chi connectivity index (χ1) is 6.20. The molecule has 0 radical (unpaired) electrons. The Morgan fingerprint density at radius 3 is 2.85 bits per heavy atom. The molecular formula is C9H10N2OS. The third kappa shape index (κ3) is 1.27. The van der Waals surface area contributed by atoms with Gasteiger partial charge in [-0.05, 0) is 12.1 Å². The lowest BCUT2D eigenvalue weighted by molar-refractivity contribution is -0.117. The van der Waals surface area contributed by atoms with Gasteiger partial charge in [-0.15, -0.1) is 0 Å². The van der Waals surface area contributed by atoms with Crippen molar-refractivity contribution in [2.24, 2.45) is 5.73 Å². The molecule has 2 N–H and O–H groups in total. The number of nitrogens with zero attached hydrogens (tertiary/aromatic N) is 1. The van der Waals surface area contributed by atoms with E-state index in [0.717, 1.165) is 10.6 Å². The van der Waals surface area contributed by atoms with E-state index in [1.54, 1.807) is 0 Å². The van der Waals surface area contributed by atoms with Gasteiger partial charge in [0.15, 0.2) is 5.37 Å². The third-order valence-electron chi connectivity index (χ3n) is 2.08. The number of thioether (sulfide) groups is 1. The number of benzene rings is 1. The van der Waals surface area contributed by atoms with Crippen LogP contribution in [0.1, 0.15) is 0 Å². The van der Waals surface area contributed by atoms with E-state index in [1.807, 2.05) is 36.2 Å². The predicted molar refractivity (Wildman–Crippen MR) is 53.7 cm³/mol. The number of rotatable bonds is 1. The number of hydrogen-bond donors (Lipinski definition) is 1. The van der Waals surface area contributed by atoms with Crippen LogP contribution in [0.3, 0.4) is 0 Å². The van der Waals surface area contributed by atoms with Crippen LogP contribution in [0, 0.1) is 0 Å². The van der Waals surface area contributed by atoms with Crippen molar-refractivity contribution in [2.45, 2.75) is 10.3 Å². The van der Waals surface area contributed by atoms with Gasteiger partial charge in [0.05, 0.1) is 5.69 Å². The largest absolute Gasteiger partial charge is 0.367 e. The molecule has 3 nitrogen and oxygen atoms in total. The van der Waals surface area contributed by atoms with Crippen LogP contribution < -0.4 is 10.6 Å². The van der Waals surface area contributed by atoms with Crippen LogP contribution >= 0.6 is 11.8 Å². The standard InChI is InChI=1S/C9H10N2OS/c1-11-6-4-2-3-5-7(6)13-9(11)8(10)12/h2-5,9H,1H3,(H2,10,12). The third-order valence-corrected chi connectivity index (χ3v) is 3.45. The summed E-state index contributed by atoms with van der Waals surface area (Å²) in [5.74, 6) is -0.288. The van der Waals surface area contributed by atoms with Crippen LogP contribution in [0.15, 0.2) is 29.2 Å². The summed E-state index contributed by atoms with van der Waals surface area (Å²) in [5.41, 5.74) is 6.35. The smallest absolute Gasteiger partial charge is 0.251 e. The average Bonchev–Trinajstić information content (AvgIpc) is 2.45. The Morgan fingerprint density at radius 2 is 2.23 bits per heavy atom. The van der Waals surface area contributed by atoms with E-state index >= 15 is 0 Å². The molecule has 0 fully saturated rings. The molecule has 68 valence electrons. The Hall–Kier alpha value is -1.16. The van der Waals surface area contributed by atoms with Gasteiger partial charge in [0.2, 0.25) is 0 Å². The highest BCUT2D eigenvalue weighted by Gasteiger charge is 2.30. The Morgan fingerprint density at radius 1 is 1.54 bits per heavy atom. The first-order valence-corrected chi connectivity index (χ1v) is 4.86. The molecule has 1 aliphatic rings. The fraction of sp³-hybridized carbons (Fsp3) is 0.222. The van der Waals surface area contributed by atoms with E-state index in [0.29, 0.717) is 0 Å². The first-order valence-electron chi connectivity index (χ1n) is 3.98. The minimum Gasteiger partial charge on any atom is -0.367 e. The second kappa shape index (κ2) is 2.96. The normalized spacial score (nSPS) is 20.1. The molecule has 0 bridgehead atoms. The molecule has 0 saturated carbocycles. The maximum atomic E-state index is 11.0. The molecule has 1 atom stereocenters. The van der Waals surface area contributed by atoms with Gasteiger partial charge >= 0.3 is 0 Å². The number of likely N-dealkylation sites (N-methyl/N-ethyl adjacent to an activating group) is 1. The molecule has 2 rings (SSSR count). The number of anilines is 1. The zero-order valence-corrected chi connectivity index (χ0v) is 8.04. The monoisotopic (exact) mass is 194 g/mol. The summed E-state index contributed by atoms with van der Waals surface area (Å²) in [7, 11) is 1.88. The van der Waals surface area contributed by atoms with Crippen LogP contribution in [0.4, 0.5) is 5.69 Å². The number of carbonyl (C=O) groups is 1. The Labute approximate surface area is 80.9 Å². The SMILES string of the molecule is CN1c2ccccc2SC1C(N)=O. The van der Waals surface area contributed by atoms with Crippen LogP contribution in [-0.4, -0.2) is 18.3 Å². The number of para-hydroxylation sites is 1. The Balaban J connectivity index is 2.38. The molecule has 1 amide bonds. The quantitative estimate of drug-likeness (QED) is 0.726. The van der Waals surface area contributed by atoms with Crippen LogP contribution in [0.2, 0.25) is 0 Å². The van der Waals surface area contributed by atoms with Gasteiger partial charge in [-0.1, -0.05) is 23.9 Å². The van der Waals surface area contributed by atoms with Crippen LogP contribution in [0.5, 0.6) is 0 Å². The van der Waals surface area contributed by atoms with Gasteiger partial charge in [-0.25, -0.2) is 0 Å². The van der Waals surface area contributed by atoms with Crippen molar-refractivity contribution >= 4 is 23.4 Å². The average molecular weight is 194 g/mol. The summed E-state index contributed by atoms with van der Waals surface area (Å²) >= 11 is 1.50. The highest BCUT2D eigenvalue weighted by Crippen LogP contribution is 2.41. The summed E-state index contributed by atoms with van der Waals surface area (Å²) in [6, 6.07) is 7.91. The topological polar surface area (TPSA) is 46.3 Å². The Kier molecular flexibility index (Phi) is 1.92. The zero-order valence-electron chi connectivity index (χ0n) is 7.23. The molecule has 1 aromatic rings. The number of hydrogen-bond acceptors (Lipinski definition) is 3. The highest BCUT2D eigenvalue weighted by atomic mass is 32.2. The molecular weight excluding hydrogens is 184 g/mol. The summed E-state index contributed by atoms with van der Waals surface area (Å²) < 4.78 is 0. The van der Waals surface area contributed by atoms with E-state index in [1.165, 1.54) is 11.8 Å². The minimum atomic E-state index is -0.288. The predicted octanol–water partition coefficient (Wildman–Crippen LogP) is 1.04. The molecule has 13 heavy (non-hydrogen) atoms. The maximum absolute atomic E-state index is 11.0.